The SMILES string of the molecule is CN1C(=O)C2C(=O)C(=O)C(c3nnc(Cc4ccc(F)cc4F)s3)=C[N+]2(C)C12CCC(C)(CO)CC2. The Kier molecular flexibility index (Phi) is 5.73. The van der Waals surface area contributed by atoms with E-state index in [1.807, 2.05) is 6.92 Å². The Morgan fingerprint density at radius 3 is 2.50 bits per heavy atom. The Morgan fingerprint density at radius 1 is 1.17 bits per heavy atom. The molecule has 8 nitrogen and oxygen atoms in total. The normalized spacial score (nSPS) is 32.3. The Bertz CT molecular complexity index is 1320. The fourth-order valence-electron chi connectivity index (χ4n) is 5.96. The van der Waals surface area contributed by atoms with Crippen molar-refractivity contribution in [2.24, 2.45) is 5.41 Å². The zero-order chi connectivity index (χ0) is 26.0. The molecular weight excluding hydrogens is 490 g/mol. The Labute approximate surface area is 210 Å². The van der Waals surface area contributed by atoms with Gasteiger partial charge in [0.05, 0.1) is 7.05 Å². The van der Waals surface area contributed by atoms with Crippen molar-refractivity contribution in [3.63, 3.8) is 0 Å². The summed E-state index contributed by atoms with van der Waals surface area (Å²) in [5.74, 6) is -3.34. The summed E-state index contributed by atoms with van der Waals surface area (Å²) in [6.07, 6.45) is 4.18. The highest BCUT2D eigenvalue weighted by Crippen LogP contribution is 2.53. The van der Waals surface area contributed by atoms with Gasteiger partial charge >= 0.3 is 0 Å². The molecule has 2 aromatic rings. The number of allylic oxidation sites excluding steroid dienone is 1. The van der Waals surface area contributed by atoms with Crippen LogP contribution in [0, 0.1) is 17.0 Å². The van der Waals surface area contributed by atoms with Crippen LogP contribution >= 0.6 is 11.3 Å². The molecule has 1 amide bonds. The molecule has 0 radical (unpaired) electrons. The van der Waals surface area contributed by atoms with Gasteiger partial charge in [-0.25, -0.2) is 8.78 Å². The quantitative estimate of drug-likeness (QED) is 0.380. The van der Waals surface area contributed by atoms with E-state index in [1.165, 1.54) is 6.07 Å². The number of hydrogen-bond acceptors (Lipinski definition) is 7. The third kappa shape index (κ3) is 3.47. The lowest BCUT2D eigenvalue weighted by molar-refractivity contribution is -0.921. The van der Waals surface area contributed by atoms with Crippen LogP contribution in [0.4, 0.5) is 8.78 Å². The third-order valence-corrected chi connectivity index (χ3v) is 9.39. The van der Waals surface area contributed by atoms with Crippen molar-refractivity contribution in [1.29, 1.82) is 0 Å². The summed E-state index contributed by atoms with van der Waals surface area (Å²) in [5.41, 5.74) is -0.681. The van der Waals surface area contributed by atoms with Crippen LogP contribution < -0.4 is 0 Å². The summed E-state index contributed by atoms with van der Waals surface area (Å²) in [4.78, 5) is 41.4. The summed E-state index contributed by atoms with van der Waals surface area (Å²) in [5, 5.41) is 18.7. The standard InChI is InChI=1S/C25H27F2N4O4S/c1-24(13-32)6-8-25(9-7-24)30(2)23(35)19-21(34)20(33)16(12-31(19,25)3)22-29-28-18(36-22)10-14-4-5-15(26)11-17(14)27/h4-5,11-12,19,32H,6-10,13H2,1-3H3/q+1. The van der Waals surface area contributed by atoms with Gasteiger partial charge in [0.1, 0.15) is 28.4 Å². The van der Waals surface area contributed by atoms with E-state index < -0.39 is 34.9 Å². The fraction of sp³-hybridized carbons (Fsp3) is 0.480. The Morgan fingerprint density at radius 2 is 1.86 bits per heavy atom. The lowest BCUT2D eigenvalue weighted by Gasteiger charge is -2.52. The molecule has 1 saturated carbocycles. The first-order valence-corrected chi connectivity index (χ1v) is 12.6. The van der Waals surface area contributed by atoms with Crippen molar-refractivity contribution in [3.05, 3.63) is 51.6 Å². The molecule has 1 N–H and O–H groups in total. The van der Waals surface area contributed by atoms with E-state index in [1.54, 1.807) is 25.2 Å². The maximum atomic E-state index is 14.1. The number of aromatic nitrogens is 2. The van der Waals surface area contributed by atoms with E-state index in [0.717, 1.165) is 23.5 Å². The van der Waals surface area contributed by atoms with Gasteiger partial charge in [-0.2, -0.15) is 0 Å². The number of likely N-dealkylation sites (N-methyl/N-ethyl adjacent to an activating group) is 2. The molecule has 1 aliphatic carbocycles. The van der Waals surface area contributed by atoms with Crippen LogP contribution in [0.15, 0.2) is 24.4 Å². The van der Waals surface area contributed by atoms with E-state index >= 15 is 0 Å². The second kappa shape index (κ2) is 8.32. The van der Waals surface area contributed by atoms with Gasteiger partial charge in [0.25, 0.3) is 11.7 Å². The second-order valence-corrected chi connectivity index (χ2v) is 11.6. The summed E-state index contributed by atoms with van der Waals surface area (Å²) < 4.78 is 27.3. The Balaban J connectivity index is 1.53. The first-order valence-electron chi connectivity index (χ1n) is 11.8. The highest BCUT2D eigenvalue weighted by Gasteiger charge is 2.71. The maximum Gasteiger partial charge on any atom is 0.294 e. The molecular formula is C25H27F2N4O4S+. The molecule has 5 rings (SSSR count). The van der Waals surface area contributed by atoms with Gasteiger partial charge in [-0.1, -0.05) is 24.3 Å². The van der Waals surface area contributed by atoms with Gasteiger partial charge in [-0.05, 0) is 29.9 Å². The number of fused-ring (bicyclic) bond motifs is 2. The van der Waals surface area contributed by atoms with Crippen molar-refractivity contribution >= 4 is 34.4 Å². The van der Waals surface area contributed by atoms with Crippen molar-refractivity contribution in [1.82, 2.24) is 15.1 Å². The molecule has 3 heterocycles. The van der Waals surface area contributed by atoms with Crippen molar-refractivity contribution in [3.8, 4) is 0 Å². The van der Waals surface area contributed by atoms with Gasteiger partial charge < -0.3 is 5.11 Å². The van der Waals surface area contributed by atoms with Crippen LogP contribution in [0.2, 0.25) is 0 Å². The van der Waals surface area contributed by atoms with Crippen LogP contribution in [0.3, 0.4) is 0 Å². The number of halogens is 2. The zero-order valence-corrected chi connectivity index (χ0v) is 21.1. The van der Waals surface area contributed by atoms with Crippen LogP contribution in [-0.2, 0) is 20.8 Å². The maximum absolute atomic E-state index is 14.1. The molecule has 3 aliphatic rings. The van der Waals surface area contributed by atoms with Gasteiger partial charge in [-0.15, -0.1) is 10.2 Å². The summed E-state index contributed by atoms with van der Waals surface area (Å²) in [6.45, 7) is 2.04. The number of aliphatic hydroxyl groups excluding tert-OH is 1. The van der Waals surface area contributed by atoms with Crippen LogP contribution in [-0.4, -0.2) is 74.6 Å². The zero-order valence-electron chi connectivity index (χ0n) is 20.3. The lowest BCUT2D eigenvalue weighted by atomic mass is 9.70. The molecule has 2 fully saturated rings. The monoisotopic (exact) mass is 517 g/mol. The average molecular weight is 518 g/mol. The average Bonchev–Trinajstić information content (AvgIpc) is 3.37. The van der Waals surface area contributed by atoms with Gasteiger partial charge in [-0.3, -0.25) is 23.8 Å². The van der Waals surface area contributed by atoms with Crippen LogP contribution in [0.25, 0.3) is 5.57 Å². The predicted octanol–water partition coefficient (Wildman–Crippen LogP) is 2.46. The van der Waals surface area contributed by atoms with Crippen LogP contribution in [0.1, 0.15) is 48.2 Å². The molecule has 1 saturated heterocycles. The highest BCUT2D eigenvalue weighted by molar-refractivity contribution is 7.13. The number of ketones is 2. The molecule has 1 spiro atoms. The molecule has 1 aromatic carbocycles. The number of carbonyl (C=O) groups excluding carboxylic acids is 3. The van der Waals surface area contributed by atoms with Gasteiger partial charge in [0.2, 0.25) is 11.8 Å². The number of nitrogens with zero attached hydrogens (tertiary/aromatic N) is 4. The third-order valence-electron chi connectivity index (χ3n) is 8.43. The highest BCUT2D eigenvalue weighted by atomic mass is 32.1. The van der Waals surface area contributed by atoms with E-state index in [4.69, 9.17) is 0 Å². The number of rotatable bonds is 4. The minimum Gasteiger partial charge on any atom is -0.396 e. The van der Waals surface area contributed by atoms with Gasteiger partial charge in [0.15, 0.2) is 10.7 Å². The number of carbonyl (C=O) groups is 3. The van der Waals surface area contributed by atoms with Crippen LogP contribution in [0.5, 0.6) is 0 Å². The first kappa shape index (κ1) is 24.8. The molecule has 11 heteroatoms. The molecule has 0 bridgehead atoms. The smallest absolute Gasteiger partial charge is 0.294 e. The van der Waals surface area contributed by atoms with Crippen molar-refractivity contribution < 1.29 is 32.8 Å². The largest absolute Gasteiger partial charge is 0.396 e. The lowest BCUT2D eigenvalue weighted by Crippen LogP contribution is -2.67. The Hall–Kier alpha value is -2.89. The number of amides is 1. The molecule has 2 aliphatic heterocycles. The van der Waals surface area contributed by atoms with E-state index in [9.17, 15) is 28.3 Å². The second-order valence-electron chi connectivity index (χ2n) is 10.5. The van der Waals surface area contributed by atoms with Crippen molar-refractivity contribution in [2.45, 2.75) is 50.7 Å². The molecule has 1 aromatic heterocycles. The number of quaternary nitrogens is 1. The molecule has 190 valence electrons. The van der Waals surface area contributed by atoms with Crippen molar-refractivity contribution in [2.75, 3.05) is 20.7 Å². The minimum atomic E-state index is -1.16. The summed E-state index contributed by atoms with van der Waals surface area (Å²) >= 11 is 1.06. The number of hydrogen-bond donors (Lipinski definition) is 1. The predicted molar refractivity (Wildman–Crippen MR) is 126 cm³/mol. The number of benzene rings is 1. The molecule has 2 unspecified atom stereocenters. The molecule has 2 atom stereocenters. The number of aliphatic hydroxyl groups is 1. The van der Waals surface area contributed by atoms with Gasteiger partial charge in [0, 0.05) is 39.0 Å². The molecule has 36 heavy (non-hydrogen) atoms. The van der Waals surface area contributed by atoms with E-state index in [2.05, 4.69) is 10.2 Å². The number of Topliss-reactive ketones (excluding diaryl/α,β-unsaturated/α-hetero) is 2. The first-order chi connectivity index (χ1) is 16.9. The fourth-order valence-corrected chi connectivity index (χ4v) is 6.83. The topological polar surface area (TPSA) is 100 Å². The van der Waals surface area contributed by atoms with E-state index in [-0.39, 0.29) is 45.0 Å². The minimum absolute atomic E-state index is 0.0363. The summed E-state index contributed by atoms with van der Waals surface area (Å²) in [6, 6.07) is 2.12. The summed E-state index contributed by atoms with van der Waals surface area (Å²) in [7, 11) is 3.48. The van der Waals surface area contributed by atoms with E-state index in [0.29, 0.717) is 30.7 Å².